The lowest BCUT2D eigenvalue weighted by molar-refractivity contribution is -0.339. The molecule has 0 saturated carbocycles. The fraction of sp³-hybridized carbons (Fsp3) is 1.00. The molecule has 0 aromatic carbocycles. The van der Waals surface area contributed by atoms with Gasteiger partial charge < -0.3 is 38.5 Å². The molecule has 1 heterocycles. The van der Waals surface area contributed by atoms with Crippen molar-refractivity contribution in [3.8, 4) is 0 Å². The Morgan fingerprint density at radius 3 is 2.40 bits per heavy atom. The molecule has 1 N–H and O–H groups in total. The predicted octanol–water partition coefficient (Wildman–Crippen LogP) is -1.98. The minimum atomic E-state index is -6.08. The first-order valence-electron chi connectivity index (χ1n) is 6.28. The Morgan fingerprint density at radius 2 is 1.88 bits per heavy atom. The molecule has 1 aliphatic rings. The SMILES string of the molecule is C[C@H]1CC(O)(CN=[N+]=[N-])[C@@H](COP(=O)([O-])OP(=O)([O-])OP(=O)([O-])[O-])O1. The number of ether oxygens (including phenoxy) is 1. The number of phosphoric ester groups is 1. The van der Waals surface area contributed by atoms with E-state index in [4.69, 9.17) is 10.3 Å². The van der Waals surface area contributed by atoms with E-state index >= 15 is 0 Å². The van der Waals surface area contributed by atoms with E-state index in [0.717, 1.165) is 0 Å². The molecule has 1 rings (SSSR count). The third-order valence-corrected chi connectivity index (χ3v) is 6.49. The number of nitrogens with zero attached hydrogens (tertiary/aromatic N) is 3. The zero-order chi connectivity index (χ0) is 19.5. The Labute approximate surface area is 140 Å². The van der Waals surface area contributed by atoms with Crippen LogP contribution in [-0.4, -0.2) is 36.1 Å². The molecule has 5 atom stereocenters. The molecule has 1 fully saturated rings. The number of rotatable bonds is 9. The largest absolute Gasteiger partial charge is 0.790 e. The highest BCUT2D eigenvalue weighted by atomic mass is 31.3. The predicted molar refractivity (Wildman–Crippen MR) is 68.9 cm³/mol. The van der Waals surface area contributed by atoms with Crippen molar-refractivity contribution < 1.29 is 56.3 Å². The van der Waals surface area contributed by atoms with Gasteiger partial charge in [0.2, 0.25) is 0 Å². The lowest BCUT2D eigenvalue weighted by Gasteiger charge is -2.38. The van der Waals surface area contributed by atoms with Crippen molar-refractivity contribution in [3.63, 3.8) is 0 Å². The van der Waals surface area contributed by atoms with Crippen molar-refractivity contribution in [2.24, 2.45) is 5.11 Å². The summed E-state index contributed by atoms with van der Waals surface area (Å²) in [7, 11) is -17.8. The van der Waals surface area contributed by atoms with Crippen molar-refractivity contribution in [1.29, 1.82) is 0 Å². The second-order valence-corrected chi connectivity index (χ2v) is 9.18. The van der Waals surface area contributed by atoms with Crippen LogP contribution in [0.3, 0.4) is 0 Å². The van der Waals surface area contributed by atoms with Gasteiger partial charge in [-0.15, -0.1) is 0 Å². The quantitative estimate of drug-likeness (QED) is 0.183. The normalized spacial score (nSPS) is 31.8. The van der Waals surface area contributed by atoms with E-state index in [0.29, 0.717) is 0 Å². The van der Waals surface area contributed by atoms with Gasteiger partial charge in [0.05, 0.1) is 27.1 Å². The van der Waals surface area contributed by atoms with Gasteiger partial charge in [0, 0.05) is 11.3 Å². The van der Waals surface area contributed by atoms with Crippen molar-refractivity contribution in [2.75, 3.05) is 13.2 Å². The van der Waals surface area contributed by atoms with E-state index in [9.17, 15) is 38.4 Å². The lowest BCUT2D eigenvalue weighted by atomic mass is 9.94. The highest BCUT2D eigenvalue weighted by Crippen LogP contribution is 2.60. The van der Waals surface area contributed by atoms with E-state index in [1.807, 2.05) is 0 Å². The number of hydrogen-bond donors (Lipinski definition) is 1. The Balaban J connectivity index is 2.74. The average molecular weight is 423 g/mol. The molecular weight excluding hydrogens is 411 g/mol. The van der Waals surface area contributed by atoms with Crippen molar-refractivity contribution in [3.05, 3.63) is 10.4 Å². The molecule has 0 aromatic rings. The Morgan fingerprint density at radius 1 is 1.28 bits per heavy atom. The topological polar surface area (TPSA) is 249 Å². The number of azide groups is 1. The fourth-order valence-electron chi connectivity index (χ4n) is 2.04. The highest BCUT2D eigenvalue weighted by molar-refractivity contribution is 7.64. The van der Waals surface area contributed by atoms with E-state index in [2.05, 4.69) is 23.2 Å². The van der Waals surface area contributed by atoms with Crippen molar-refractivity contribution in [2.45, 2.75) is 31.2 Å². The van der Waals surface area contributed by atoms with Crippen LogP contribution in [0.1, 0.15) is 13.3 Å². The van der Waals surface area contributed by atoms with E-state index in [1.54, 1.807) is 0 Å². The Kier molecular flexibility index (Phi) is 7.36. The summed E-state index contributed by atoms with van der Waals surface area (Å²) in [4.78, 5) is 45.2. The third kappa shape index (κ3) is 7.81. The first-order valence-corrected chi connectivity index (χ1v) is 10.7. The van der Waals surface area contributed by atoms with Gasteiger partial charge in [-0.1, -0.05) is 5.11 Å². The smallest absolute Gasteiger partial charge is 0.278 e. The molecule has 25 heavy (non-hydrogen) atoms. The van der Waals surface area contributed by atoms with Crippen molar-refractivity contribution >= 4 is 23.5 Å². The van der Waals surface area contributed by atoms with Gasteiger partial charge in [-0.3, -0.25) is 13.4 Å². The molecule has 0 amide bonds. The summed E-state index contributed by atoms with van der Waals surface area (Å²) >= 11 is 0. The first-order chi connectivity index (χ1) is 11.2. The van der Waals surface area contributed by atoms with Crippen LogP contribution in [0.4, 0.5) is 0 Å². The lowest BCUT2D eigenvalue weighted by Crippen LogP contribution is -2.43. The molecule has 18 heteroatoms. The maximum Gasteiger partial charge on any atom is 0.278 e. The number of aliphatic hydroxyl groups is 1. The minimum Gasteiger partial charge on any atom is -0.790 e. The summed E-state index contributed by atoms with van der Waals surface area (Å²) in [5, 5.41) is 13.4. The summed E-state index contributed by atoms with van der Waals surface area (Å²) < 4.78 is 48.4. The minimum absolute atomic E-state index is 0.0389. The molecule has 1 saturated heterocycles. The van der Waals surface area contributed by atoms with Crippen LogP contribution >= 0.6 is 23.5 Å². The average Bonchev–Trinajstić information content (AvgIpc) is 2.65. The maximum absolute atomic E-state index is 11.4. The van der Waals surface area contributed by atoms with Crippen LogP contribution in [0.5, 0.6) is 0 Å². The molecular formula is C7H12N3O12P3-4. The molecule has 15 nitrogen and oxygen atoms in total. The van der Waals surface area contributed by atoms with Gasteiger partial charge in [-0.2, -0.15) is 0 Å². The van der Waals surface area contributed by atoms with Gasteiger partial charge >= 0.3 is 0 Å². The fourth-order valence-corrected chi connectivity index (χ4v) is 4.90. The second kappa shape index (κ2) is 8.12. The molecule has 0 radical (unpaired) electrons. The second-order valence-electron chi connectivity index (χ2n) is 4.93. The van der Waals surface area contributed by atoms with E-state index < -0.39 is 54.4 Å². The highest BCUT2D eigenvalue weighted by Gasteiger charge is 2.46. The Hall–Kier alpha value is -0.360. The van der Waals surface area contributed by atoms with Gasteiger partial charge in [0.25, 0.3) is 15.6 Å². The molecule has 0 aromatic heterocycles. The van der Waals surface area contributed by atoms with Gasteiger partial charge in [0.1, 0.15) is 11.7 Å². The standard InChI is InChI=1S/C7H16N3O12P3/c1-5-2-7(11,4-9-10-8)6(20-5)3-19-24(15,16)22-25(17,18)21-23(12,13)14/h5-6,11H,2-4H2,1H3,(H,15,16)(H,17,18)(H2,12,13,14)/p-4/t5-,6+,7?/m0/s1. The summed E-state index contributed by atoms with van der Waals surface area (Å²) in [6.45, 7) is 0.0909. The molecule has 0 aliphatic carbocycles. The van der Waals surface area contributed by atoms with Crippen LogP contribution < -0.4 is 19.6 Å². The zero-order valence-electron chi connectivity index (χ0n) is 12.4. The summed E-state index contributed by atoms with van der Waals surface area (Å²) in [6.07, 6.45) is -1.95. The van der Waals surface area contributed by atoms with E-state index in [1.165, 1.54) is 6.92 Å². The van der Waals surface area contributed by atoms with Crippen LogP contribution in [0.15, 0.2) is 5.11 Å². The number of phosphoric acid groups is 3. The van der Waals surface area contributed by atoms with Gasteiger partial charge in [0.15, 0.2) is 0 Å². The molecule has 3 unspecified atom stereocenters. The van der Waals surface area contributed by atoms with Crippen LogP contribution in [0.25, 0.3) is 10.4 Å². The van der Waals surface area contributed by atoms with Crippen LogP contribution in [0, 0.1) is 0 Å². The Bertz CT molecular complexity index is 675. The van der Waals surface area contributed by atoms with Crippen LogP contribution in [-0.2, 0) is 31.6 Å². The number of hydrogen-bond acceptors (Lipinski definition) is 13. The van der Waals surface area contributed by atoms with Gasteiger partial charge in [-0.05, 0) is 12.5 Å². The maximum atomic E-state index is 11.4. The summed E-state index contributed by atoms with van der Waals surface area (Å²) in [5.74, 6) is 0. The monoisotopic (exact) mass is 423 g/mol. The third-order valence-electron chi connectivity index (χ3n) is 2.83. The summed E-state index contributed by atoms with van der Waals surface area (Å²) in [5.41, 5.74) is 6.49. The zero-order valence-corrected chi connectivity index (χ0v) is 15.1. The van der Waals surface area contributed by atoms with Crippen LogP contribution in [0.2, 0.25) is 0 Å². The molecule has 0 spiro atoms. The van der Waals surface area contributed by atoms with Crippen molar-refractivity contribution in [1.82, 2.24) is 0 Å². The molecule has 1 aliphatic heterocycles. The molecule has 0 bridgehead atoms. The van der Waals surface area contributed by atoms with Gasteiger partial charge in [-0.25, -0.2) is 4.31 Å². The first kappa shape index (κ1) is 22.7. The summed E-state index contributed by atoms with van der Waals surface area (Å²) in [6, 6.07) is 0. The van der Waals surface area contributed by atoms with E-state index in [-0.39, 0.29) is 6.42 Å². The molecule has 146 valence electrons.